The highest BCUT2D eigenvalue weighted by Crippen LogP contribution is 2.33. The first-order chi connectivity index (χ1) is 9.78. The van der Waals surface area contributed by atoms with E-state index in [1.165, 1.54) is 11.8 Å². The van der Waals surface area contributed by atoms with Crippen LogP contribution in [0, 0.1) is 11.3 Å². The minimum absolute atomic E-state index is 0.524. The molecule has 0 aliphatic rings. The standard InChI is InChI=1S/C15H8ClN3S/c16-12-5-3-7-18-15(12)20-14-11(9-17)8-10-4-1-2-6-13(10)19-14/h1-8H. The van der Waals surface area contributed by atoms with Gasteiger partial charge in [0.1, 0.15) is 16.1 Å². The number of aromatic nitrogens is 2. The van der Waals surface area contributed by atoms with Gasteiger partial charge < -0.3 is 0 Å². The first-order valence-corrected chi connectivity index (χ1v) is 7.05. The molecule has 0 aliphatic carbocycles. The van der Waals surface area contributed by atoms with Gasteiger partial charge in [-0.1, -0.05) is 29.8 Å². The molecule has 0 bridgehead atoms. The van der Waals surface area contributed by atoms with E-state index in [1.807, 2.05) is 30.3 Å². The fourth-order valence-corrected chi connectivity index (χ4v) is 2.85. The van der Waals surface area contributed by atoms with E-state index in [1.54, 1.807) is 18.3 Å². The first kappa shape index (κ1) is 12.9. The Balaban J connectivity index is 2.11. The summed E-state index contributed by atoms with van der Waals surface area (Å²) in [7, 11) is 0. The number of fused-ring (bicyclic) bond motifs is 1. The Morgan fingerprint density at radius 1 is 1.10 bits per heavy atom. The Bertz CT molecular complexity index is 827. The lowest BCUT2D eigenvalue weighted by molar-refractivity contribution is 1.10. The molecule has 0 spiro atoms. The van der Waals surface area contributed by atoms with Gasteiger partial charge in [-0.15, -0.1) is 0 Å². The highest BCUT2D eigenvalue weighted by atomic mass is 35.5. The maximum atomic E-state index is 9.27. The van der Waals surface area contributed by atoms with Crippen LogP contribution in [-0.4, -0.2) is 9.97 Å². The predicted octanol–water partition coefficient (Wildman–Crippen LogP) is 4.31. The number of nitriles is 1. The van der Waals surface area contributed by atoms with Crippen molar-refractivity contribution in [3.05, 3.63) is 59.2 Å². The van der Waals surface area contributed by atoms with E-state index in [-0.39, 0.29) is 0 Å². The van der Waals surface area contributed by atoms with Crippen LogP contribution in [0.3, 0.4) is 0 Å². The summed E-state index contributed by atoms with van der Waals surface area (Å²) in [6.45, 7) is 0. The number of pyridine rings is 2. The zero-order valence-electron chi connectivity index (χ0n) is 10.2. The average Bonchev–Trinajstić information content (AvgIpc) is 2.49. The second-order valence-electron chi connectivity index (χ2n) is 4.04. The van der Waals surface area contributed by atoms with E-state index in [4.69, 9.17) is 11.6 Å². The Hall–Kier alpha value is -2.09. The van der Waals surface area contributed by atoms with Crippen LogP contribution in [0.15, 0.2) is 58.7 Å². The summed E-state index contributed by atoms with van der Waals surface area (Å²) < 4.78 is 0. The maximum absolute atomic E-state index is 9.27. The van der Waals surface area contributed by atoms with Gasteiger partial charge in [0.25, 0.3) is 0 Å². The zero-order chi connectivity index (χ0) is 13.9. The number of para-hydroxylation sites is 1. The molecule has 2 aromatic heterocycles. The molecule has 5 heteroatoms. The molecule has 0 N–H and O–H groups in total. The van der Waals surface area contributed by atoms with E-state index >= 15 is 0 Å². The third-order valence-electron chi connectivity index (χ3n) is 2.73. The molecule has 0 unspecified atom stereocenters. The van der Waals surface area contributed by atoms with E-state index in [9.17, 15) is 5.26 Å². The second kappa shape index (κ2) is 5.49. The highest BCUT2D eigenvalue weighted by molar-refractivity contribution is 7.99. The molecule has 0 amide bonds. The summed E-state index contributed by atoms with van der Waals surface area (Å²) in [6, 6.07) is 15.2. The summed E-state index contributed by atoms with van der Waals surface area (Å²) in [6.07, 6.45) is 1.67. The smallest absolute Gasteiger partial charge is 0.121 e. The van der Waals surface area contributed by atoms with Gasteiger partial charge >= 0.3 is 0 Å². The minimum atomic E-state index is 0.524. The Morgan fingerprint density at radius 3 is 2.75 bits per heavy atom. The van der Waals surface area contributed by atoms with E-state index in [2.05, 4.69) is 16.0 Å². The van der Waals surface area contributed by atoms with Crippen molar-refractivity contribution in [2.75, 3.05) is 0 Å². The zero-order valence-corrected chi connectivity index (χ0v) is 11.8. The molecule has 0 radical (unpaired) electrons. The summed E-state index contributed by atoms with van der Waals surface area (Å²) >= 11 is 7.40. The molecule has 96 valence electrons. The molecule has 0 saturated heterocycles. The fraction of sp³-hybridized carbons (Fsp3) is 0. The van der Waals surface area contributed by atoms with Crippen LogP contribution < -0.4 is 0 Å². The van der Waals surface area contributed by atoms with Crippen LogP contribution in [0.1, 0.15) is 5.56 Å². The summed E-state index contributed by atoms with van der Waals surface area (Å²) in [5.41, 5.74) is 1.37. The van der Waals surface area contributed by atoms with Crippen molar-refractivity contribution in [1.29, 1.82) is 5.26 Å². The molecule has 3 aromatic rings. The third kappa shape index (κ3) is 2.46. The molecule has 0 saturated carbocycles. The number of hydrogen-bond acceptors (Lipinski definition) is 4. The van der Waals surface area contributed by atoms with Crippen LogP contribution in [0.5, 0.6) is 0 Å². The van der Waals surface area contributed by atoms with Gasteiger partial charge in [0.15, 0.2) is 0 Å². The van der Waals surface area contributed by atoms with Crippen molar-refractivity contribution in [2.24, 2.45) is 0 Å². The molecule has 20 heavy (non-hydrogen) atoms. The van der Waals surface area contributed by atoms with Crippen molar-refractivity contribution in [2.45, 2.75) is 10.1 Å². The molecule has 3 rings (SSSR count). The van der Waals surface area contributed by atoms with Gasteiger partial charge in [-0.2, -0.15) is 5.26 Å². The van der Waals surface area contributed by atoms with Gasteiger partial charge in [0.2, 0.25) is 0 Å². The van der Waals surface area contributed by atoms with Crippen molar-refractivity contribution in [3.8, 4) is 6.07 Å². The molecule has 3 nitrogen and oxygen atoms in total. The van der Waals surface area contributed by atoms with Crippen molar-refractivity contribution in [3.63, 3.8) is 0 Å². The summed E-state index contributed by atoms with van der Waals surface area (Å²) in [5.74, 6) is 0. The Kier molecular flexibility index (Phi) is 3.55. The van der Waals surface area contributed by atoms with Crippen LogP contribution >= 0.6 is 23.4 Å². The van der Waals surface area contributed by atoms with Gasteiger partial charge in [0.05, 0.1) is 16.1 Å². The maximum Gasteiger partial charge on any atom is 0.121 e. The quantitative estimate of drug-likeness (QED) is 0.707. The lowest BCUT2D eigenvalue weighted by Crippen LogP contribution is -1.90. The third-order valence-corrected chi connectivity index (χ3v) is 4.17. The van der Waals surface area contributed by atoms with Crippen LogP contribution in [-0.2, 0) is 0 Å². The topological polar surface area (TPSA) is 49.6 Å². The highest BCUT2D eigenvalue weighted by Gasteiger charge is 2.11. The lowest BCUT2D eigenvalue weighted by atomic mass is 10.2. The Labute approximate surface area is 125 Å². The average molecular weight is 298 g/mol. The predicted molar refractivity (Wildman–Crippen MR) is 79.8 cm³/mol. The van der Waals surface area contributed by atoms with E-state index in [0.717, 1.165) is 10.9 Å². The number of nitrogens with zero attached hydrogens (tertiary/aromatic N) is 3. The second-order valence-corrected chi connectivity index (χ2v) is 5.42. The van der Waals surface area contributed by atoms with Crippen LogP contribution in [0.4, 0.5) is 0 Å². The molecule has 0 aliphatic heterocycles. The summed E-state index contributed by atoms with van der Waals surface area (Å²) in [4.78, 5) is 8.73. The van der Waals surface area contributed by atoms with E-state index < -0.39 is 0 Å². The number of benzene rings is 1. The minimum Gasteiger partial charge on any atom is -0.248 e. The lowest BCUT2D eigenvalue weighted by Gasteiger charge is -2.06. The van der Waals surface area contributed by atoms with E-state index in [0.29, 0.717) is 20.6 Å². The van der Waals surface area contributed by atoms with Crippen molar-refractivity contribution in [1.82, 2.24) is 9.97 Å². The molecule has 2 heterocycles. The number of rotatable bonds is 2. The monoisotopic (exact) mass is 297 g/mol. The van der Waals surface area contributed by atoms with Gasteiger partial charge in [-0.05, 0) is 36.0 Å². The summed E-state index contributed by atoms with van der Waals surface area (Å²) in [5, 5.41) is 12.0. The number of hydrogen-bond donors (Lipinski definition) is 0. The normalized spacial score (nSPS) is 10.4. The first-order valence-electron chi connectivity index (χ1n) is 5.86. The van der Waals surface area contributed by atoms with Crippen molar-refractivity contribution >= 4 is 34.3 Å². The van der Waals surface area contributed by atoms with Crippen LogP contribution in [0.2, 0.25) is 5.02 Å². The molecule has 1 aromatic carbocycles. The Morgan fingerprint density at radius 2 is 1.95 bits per heavy atom. The van der Waals surface area contributed by atoms with Crippen LogP contribution in [0.25, 0.3) is 10.9 Å². The number of halogens is 1. The fourth-order valence-electron chi connectivity index (χ4n) is 1.79. The molecular weight excluding hydrogens is 290 g/mol. The molecule has 0 fully saturated rings. The van der Waals surface area contributed by atoms with Gasteiger partial charge in [0, 0.05) is 11.6 Å². The SMILES string of the molecule is N#Cc1cc2ccccc2nc1Sc1ncccc1Cl. The van der Waals surface area contributed by atoms with Gasteiger partial charge in [-0.3, -0.25) is 0 Å². The molecule has 0 atom stereocenters. The molecular formula is C15H8ClN3S. The van der Waals surface area contributed by atoms with Crippen molar-refractivity contribution < 1.29 is 0 Å². The van der Waals surface area contributed by atoms with Gasteiger partial charge in [-0.25, -0.2) is 9.97 Å². The largest absolute Gasteiger partial charge is 0.248 e.